The van der Waals surface area contributed by atoms with Crippen molar-refractivity contribution in [2.75, 3.05) is 4.90 Å². The number of carbonyl (C=O) groups excluding carboxylic acids is 1. The van der Waals surface area contributed by atoms with Gasteiger partial charge in [-0.25, -0.2) is 0 Å². The predicted molar refractivity (Wildman–Crippen MR) is 96.4 cm³/mol. The summed E-state index contributed by atoms with van der Waals surface area (Å²) in [4.78, 5) is 14.6. The summed E-state index contributed by atoms with van der Waals surface area (Å²) in [5, 5.41) is 6.24. The smallest absolute Gasteiger partial charge is 0.259 e. The van der Waals surface area contributed by atoms with Gasteiger partial charge in [-0.05, 0) is 17.5 Å². The number of aromatic nitrogens is 1. The van der Waals surface area contributed by atoms with Crippen LogP contribution in [0.5, 0.6) is 0 Å². The Morgan fingerprint density at radius 2 is 1.72 bits per heavy atom. The molecule has 0 spiro atoms. The van der Waals surface area contributed by atoms with E-state index in [-0.39, 0.29) is 5.91 Å². The van der Waals surface area contributed by atoms with Gasteiger partial charge in [0, 0.05) is 22.6 Å². The molecule has 0 saturated carbocycles. The molecule has 1 aromatic heterocycles. The molecule has 1 amide bonds. The minimum absolute atomic E-state index is 0.0102. The van der Waals surface area contributed by atoms with Gasteiger partial charge in [0.2, 0.25) is 0 Å². The molecule has 0 bridgehead atoms. The van der Waals surface area contributed by atoms with Crippen molar-refractivity contribution in [3.8, 4) is 11.3 Å². The molecule has 0 fully saturated rings. The number of carbonyl (C=O) groups is 1. The van der Waals surface area contributed by atoms with Gasteiger partial charge in [-0.1, -0.05) is 59.8 Å². The van der Waals surface area contributed by atoms with E-state index in [1.807, 2.05) is 72.8 Å². The molecule has 1 aliphatic rings. The van der Waals surface area contributed by atoms with Gasteiger partial charge in [0.15, 0.2) is 5.76 Å². The Morgan fingerprint density at radius 1 is 0.920 bits per heavy atom. The summed E-state index contributed by atoms with van der Waals surface area (Å²) in [5.41, 5.74) is 3.39. The van der Waals surface area contributed by atoms with E-state index >= 15 is 0 Å². The van der Waals surface area contributed by atoms with Gasteiger partial charge in [0.05, 0.1) is 12.2 Å². The van der Waals surface area contributed by atoms with Crippen molar-refractivity contribution in [2.45, 2.75) is 6.54 Å². The van der Waals surface area contributed by atoms with Gasteiger partial charge in [-0.15, -0.1) is 0 Å². The summed E-state index contributed by atoms with van der Waals surface area (Å²) in [5.74, 6) is 0.717. The van der Waals surface area contributed by atoms with Crippen LogP contribution in [-0.2, 0) is 6.54 Å². The second-order valence-electron chi connectivity index (χ2n) is 6.12. The Kier molecular flexibility index (Phi) is 2.97. The third-order valence-electron chi connectivity index (χ3n) is 4.59. The molecule has 4 aromatic rings. The third-order valence-corrected chi connectivity index (χ3v) is 4.59. The van der Waals surface area contributed by atoms with Gasteiger partial charge in [-0.3, -0.25) is 4.79 Å². The van der Waals surface area contributed by atoms with Crippen LogP contribution in [0.2, 0.25) is 0 Å². The summed E-state index contributed by atoms with van der Waals surface area (Å²) in [6.45, 7) is 0.392. The zero-order chi connectivity index (χ0) is 16.8. The SMILES string of the molecule is O=C1c2cccc3cccc(c23)N1Cc1cc(-c2ccccc2)on1. The molecule has 5 rings (SSSR count). The number of rotatable bonds is 3. The zero-order valence-corrected chi connectivity index (χ0v) is 13.3. The highest BCUT2D eigenvalue weighted by molar-refractivity contribution is 6.24. The van der Waals surface area contributed by atoms with E-state index in [9.17, 15) is 4.79 Å². The first kappa shape index (κ1) is 14.0. The maximum atomic E-state index is 12.8. The maximum absolute atomic E-state index is 12.8. The van der Waals surface area contributed by atoms with E-state index in [0.717, 1.165) is 33.3 Å². The highest BCUT2D eigenvalue weighted by Gasteiger charge is 2.30. The van der Waals surface area contributed by atoms with Crippen molar-refractivity contribution in [1.29, 1.82) is 0 Å². The lowest BCUT2D eigenvalue weighted by atomic mass is 10.1. The molecule has 1 aliphatic heterocycles. The fourth-order valence-corrected chi connectivity index (χ4v) is 3.42. The number of hydrogen-bond donors (Lipinski definition) is 0. The molecule has 3 aromatic carbocycles. The van der Waals surface area contributed by atoms with Gasteiger partial charge >= 0.3 is 0 Å². The zero-order valence-electron chi connectivity index (χ0n) is 13.3. The number of amides is 1. The quantitative estimate of drug-likeness (QED) is 0.550. The Balaban J connectivity index is 1.51. The van der Waals surface area contributed by atoms with E-state index in [2.05, 4.69) is 5.16 Å². The molecule has 25 heavy (non-hydrogen) atoms. The van der Waals surface area contributed by atoms with Gasteiger partial charge in [0.1, 0.15) is 5.69 Å². The van der Waals surface area contributed by atoms with Crippen LogP contribution in [-0.4, -0.2) is 11.1 Å². The molecule has 2 heterocycles. The van der Waals surface area contributed by atoms with Gasteiger partial charge < -0.3 is 9.42 Å². The van der Waals surface area contributed by atoms with Crippen LogP contribution in [0.4, 0.5) is 5.69 Å². The molecule has 0 unspecified atom stereocenters. The van der Waals surface area contributed by atoms with Gasteiger partial charge in [0.25, 0.3) is 5.91 Å². The van der Waals surface area contributed by atoms with Crippen molar-refractivity contribution in [3.05, 3.63) is 84.1 Å². The lowest BCUT2D eigenvalue weighted by molar-refractivity contribution is 0.0991. The Labute approximate surface area is 144 Å². The van der Waals surface area contributed by atoms with E-state index in [4.69, 9.17) is 4.52 Å². The van der Waals surface area contributed by atoms with Crippen LogP contribution in [0.15, 0.2) is 77.3 Å². The fourth-order valence-electron chi connectivity index (χ4n) is 3.42. The van der Waals surface area contributed by atoms with Crippen LogP contribution in [0, 0.1) is 0 Å². The van der Waals surface area contributed by atoms with Crippen molar-refractivity contribution >= 4 is 22.4 Å². The lowest BCUT2D eigenvalue weighted by Gasteiger charge is -2.15. The molecular formula is C21H14N2O2. The topological polar surface area (TPSA) is 46.3 Å². The van der Waals surface area contributed by atoms with E-state index < -0.39 is 0 Å². The Hall–Kier alpha value is -3.40. The fraction of sp³-hybridized carbons (Fsp3) is 0.0476. The first-order valence-corrected chi connectivity index (χ1v) is 8.16. The molecule has 0 atom stereocenters. The molecule has 4 nitrogen and oxygen atoms in total. The molecule has 0 radical (unpaired) electrons. The van der Waals surface area contributed by atoms with Crippen LogP contribution < -0.4 is 4.90 Å². The number of benzene rings is 3. The molecule has 4 heteroatoms. The highest BCUT2D eigenvalue weighted by atomic mass is 16.5. The van der Waals surface area contributed by atoms with Crippen LogP contribution in [0.3, 0.4) is 0 Å². The van der Waals surface area contributed by atoms with E-state index in [1.165, 1.54) is 0 Å². The van der Waals surface area contributed by atoms with Crippen molar-refractivity contribution in [3.63, 3.8) is 0 Å². The molecule has 120 valence electrons. The minimum Gasteiger partial charge on any atom is -0.356 e. The van der Waals surface area contributed by atoms with E-state index in [1.54, 1.807) is 4.90 Å². The third kappa shape index (κ3) is 2.15. The standard InChI is InChI=1S/C21H14N2O2/c24-21-17-10-4-8-15-9-5-11-18(20(15)17)23(21)13-16-12-19(25-22-16)14-6-2-1-3-7-14/h1-12H,13H2. The summed E-state index contributed by atoms with van der Waals surface area (Å²) < 4.78 is 5.46. The number of nitrogens with zero attached hydrogens (tertiary/aromatic N) is 2. The average Bonchev–Trinajstić information content (AvgIpc) is 3.23. The van der Waals surface area contributed by atoms with Crippen molar-refractivity contribution in [2.24, 2.45) is 0 Å². The first-order valence-electron chi connectivity index (χ1n) is 8.16. The van der Waals surface area contributed by atoms with Crippen LogP contribution >= 0.6 is 0 Å². The normalized spacial score (nSPS) is 13.0. The van der Waals surface area contributed by atoms with Crippen molar-refractivity contribution < 1.29 is 9.32 Å². The second-order valence-corrected chi connectivity index (χ2v) is 6.12. The molecule has 0 saturated heterocycles. The summed E-state index contributed by atoms with van der Waals surface area (Å²) in [6.07, 6.45) is 0. The monoisotopic (exact) mass is 326 g/mol. The maximum Gasteiger partial charge on any atom is 0.259 e. The Bertz CT molecular complexity index is 1090. The summed E-state index contributed by atoms with van der Waals surface area (Å²) >= 11 is 0. The highest BCUT2D eigenvalue weighted by Crippen LogP contribution is 2.38. The van der Waals surface area contributed by atoms with Crippen LogP contribution in [0.1, 0.15) is 16.1 Å². The average molecular weight is 326 g/mol. The van der Waals surface area contributed by atoms with Gasteiger partial charge in [-0.2, -0.15) is 0 Å². The summed E-state index contributed by atoms with van der Waals surface area (Å²) in [6, 6.07) is 23.5. The lowest BCUT2D eigenvalue weighted by Crippen LogP contribution is -2.26. The number of anilines is 1. The molecular weight excluding hydrogens is 312 g/mol. The number of hydrogen-bond acceptors (Lipinski definition) is 3. The minimum atomic E-state index is 0.0102. The largest absolute Gasteiger partial charge is 0.356 e. The first-order chi connectivity index (χ1) is 12.3. The second kappa shape index (κ2) is 5.31. The van der Waals surface area contributed by atoms with Crippen LogP contribution in [0.25, 0.3) is 22.1 Å². The Morgan fingerprint density at radius 3 is 2.56 bits per heavy atom. The summed E-state index contributed by atoms with van der Waals surface area (Å²) in [7, 11) is 0. The molecule has 0 N–H and O–H groups in total. The van der Waals surface area contributed by atoms with Crippen molar-refractivity contribution in [1.82, 2.24) is 5.16 Å². The molecule has 0 aliphatic carbocycles. The predicted octanol–water partition coefficient (Wildman–Crippen LogP) is 4.66. The van der Waals surface area contributed by atoms with E-state index in [0.29, 0.717) is 12.3 Å².